The maximum Gasteiger partial charge on any atom is 0.156 e. The summed E-state index contributed by atoms with van der Waals surface area (Å²) in [6.45, 7) is 4.81. The third-order valence-electron chi connectivity index (χ3n) is 3.86. The third-order valence-corrected chi connectivity index (χ3v) is 4.16. The van der Waals surface area contributed by atoms with E-state index in [4.69, 9.17) is 22.3 Å². The Morgan fingerprint density at radius 1 is 1.19 bits per heavy atom. The Morgan fingerprint density at radius 3 is 2.71 bits per heavy atom. The Kier molecular flexibility index (Phi) is 3.70. The maximum atomic E-state index is 6.27. The zero-order valence-corrected chi connectivity index (χ0v) is 13.0. The van der Waals surface area contributed by atoms with Crippen LogP contribution in [-0.2, 0) is 6.42 Å². The zero-order chi connectivity index (χ0) is 15.0. The van der Waals surface area contributed by atoms with Crippen molar-refractivity contribution in [3.8, 4) is 11.3 Å². The molecule has 21 heavy (non-hydrogen) atoms. The van der Waals surface area contributed by atoms with E-state index in [9.17, 15) is 0 Å². The molecule has 1 aromatic carbocycles. The molecule has 0 atom stereocenters. The third kappa shape index (κ3) is 2.43. The second kappa shape index (κ2) is 5.51. The molecule has 0 saturated carbocycles. The summed E-state index contributed by atoms with van der Waals surface area (Å²) >= 11 is 6.27. The summed E-state index contributed by atoms with van der Waals surface area (Å²) in [5.41, 5.74) is 12.3. The summed E-state index contributed by atoms with van der Waals surface area (Å²) in [6.07, 6.45) is 2.76. The van der Waals surface area contributed by atoms with Gasteiger partial charge in [0.05, 0.1) is 16.4 Å². The second-order valence-corrected chi connectivity index (χ2v) is 5.70. The van der Waals surface area contributed by atoms with Crippen molar-refractivity contribution in [2.45, 2.75) is 20.3 Å². The minimum absolute atomic E-state index is 0.581. The standard InChI is InChI=1S/C17H18ClN3/c1-11-5-6-13(10-12(11)2)16-15(7-8-19)21-9-3-4-14(18)17(21)20-16/h3-6,9-10H,7-8,19H2,1-2H3. The molecule has 0 amide bonds. The highest BCUT2D eigenvalue weighted by Crippen LogP contribution is 2.29. The average Bonchev–Trinajstić information content (AvgIpc) is 2.83. The van der Waals surface area contributed by atoms with Crippen LogP contribution in [0.15, 0.2) is 36.5 Å². The van der Waals surface area contributed by atoms with Gasteiger partial charge in [-0.05, 0) is 49.7 Å². The number of nitrogens with zero attached hydrogens (tertiary/aromatic N) is 2. The van der Waals surface area contributed by atoms with Gasteiger partial charge in [-0.2, -0.15) is 0 Å². The highest BCUT2D eigenvalue weighted by Gasteiger charge is 2.15. The Hall–Kier alpha value is -1.84. The van der Waals surface area contributed by atoms with Crippen LogP contribution in [-0.4, -0.2) is 15.9 Å². The molecule has 0 aliphatic heterocycles. The van der Waals surface area contributed by atoms with E-state index in [0.717, 1.165) is 29.0 Å². The van der Waals surface area contributed by atoms with Crippen molar-refractivity contribution < 1.29 is 0 Å². The Morgan fingerprint density at radius 2 is 2.00 bits per heavy atom. The van der Waals surface area contributed by atoms with Gasteiger partial charge in [-0.3, -0.25) is 0 Å². The van der Waals surface area contributed by atoms with Crippen LogP contribution in [0.2, 0.25) is 5.02 Å². The predicted octanol–water partition coefficient (Wildman–Crippen LogP) is 3.77. The summed E-state index contributed by atoms with van der Waals surface area (Å²) in [5, 5.41) is 0.658. The number of fused-ring (bicyclic) bond motifs is 1. The molecular formula is C17H18ClN3. The predicted molar refractivity (Wildman–Crippen MR) is 87.9 cm³/mol. The smallest absolute Gasteiger partial charge is 0.156 e. The van der Waals surface area contributed by atoms with Crippen LogP contribution in [0.4, 0.5) is 0 Å². The molecular weight excluding hydrogens is 282 g/mol. The minimum atomic E-state index is 0.581. The molecule has 0 spiro atoms. The van der Waals surface area contributed by atoms with Crippen molar-refractivity contribution in [3.05, 3.63) is 58.4 Å². The van der Waals surface area contributed by atoms with E-state index in [0.29, 0.717) is 11.6 Å². The molecule has 108 valence electrons. The molecule has 4 heteroatoms. The zero-order valence-electron chi connectivity index (χ0n) is 12.2. The largest absolute Gasteiger partial charge is 0.330 e. The number of imidazole rings is 1. The van der Waals surface area contributed by atoms with Crippen molar-refractivity contribution in [1.82, 2.24) is 9.38 Å². The van der Waals surface area contributed by atoms with E-state index < -0.39 is 0 Å². The van der Waals surface area contributed by atoms with Gasteiger partial charge >= 0.3 is 0 Å². The van der Waals surface area contributed by atoms with Crippen LogP contribution in [0.5, 0.6) is 0 Å². The van der Waals surface area contributed by atoms with Crippen molar-refractivity contribution in [3.63, 3.8) is 0 Å². The lowest BCUT2D eigenvalue weighted by atomic mass is 10.0. The van der Waals surface area contributed by atoms with Crippen LogP contribution in [0, 0.1) is 13.8 Å². The summed E-state index contributed by atoms with van der Waals surface area (Å²) in [7, 11) is 0. The number of pyridine rings is 1. The molecule has 3 aromatic rings. The molecule has 0 saturated heterocycles. The van der Waals surface area contributed by atoms with Gasteiger partial charge in [0.2, 0.25) is 0 Å². The lowest BCUT2D eigenvalue weighted by Gasteiger charge is -2.06. The Balaban J connectivity index is 2.27. The normalized spacial score (nSPS) is 11.2. The number of aromatic nitrogens is 2. The quantitative estimate of drug-likeness (QED) is 0.800. The number of benzene rings is 1. The van der Waals surface area contributed by atoms with Gasteiger partial charge < -0.3 is 10.1 Å². The molecule has 2 N–H and O–H groups in total. The van der Waals surface area contributed by atoms with Gasteiger partial charge in [-0.25, -0.2) is 4.98 Å². The molecule has 3 rings (SSSR count). The number of halogens is 1. The minimum Gasteiger partial charge on any atom is -0.330 e. The summed E-state index contributed by atoms with van der Waals surface area (Å²) in [4.78, 5) is 4.75. The molecule has 2 aromatic heterocycles. The van der Waals surface area contributed by atoms with E-state index in [2.05, 4.69) is 32.0 Å². The van der Waals surface area contributed by atoms with Crippen LogP contribution < -0.4 is 5.73 Å². The molecule has 2 heterocycles. The number of aryl methyl sites for hydroxylation is 2. The summed E-state index contributed by atoms with van der Waals surface area (Å²) in [5.74, 6) is 0. The number of hydrogen-bond donors (Lipinski definition) is 1. The number of rotatable bonds is 3. The maximum absolute atomic E-state index is 6.27. The van der Waals surface area contributed by atoms with Gasteiger partial charge in [0, 0.05) is 18.2 Å². The van der Waals surface area contributed by atoms with Crippen molar-refractivity contribution in [2.24, 2.45) is 5.73 Å². The van der Waals surface area contributed by atoms with Crippen molar-refractivity contribution in [2.75, 3.05) is 6.54 Å². The van der Waals surface area contributed by atoms with Crippen LogP contribution >= 0.6 is 11.6 Å². The monoisotopic (exact) mass is 299 g/mol. The van der Waals surface area contributed by atoms with Crippen LogP contribution in [0.1, 0.15) is 16.8 Å². The van der Waals surface area contributed by atoms with E-state index in [1.54, 1.807) is 0 Å². The van der Waals surface area contributed by atoms with Crippen molar-refractivity contribution in [1.29, 1.82) is 0 Å². The first-order chi connectivity index (χ1) is 10.1. The fourth-order valence-electron chi connectivity index (χ4n) is 2.58. The number of hydrogen-bond acceptors (Lipinski definition) is 2. The molecule has 0 fully saturated rings. The SMILES string of the molecule is Cc1ccc(-c2nc3c(Cl)cccn3c2CCN)cc1C. The van der Waals surface area contributed by atoms with Gasteiger partial charge in [0.1, 0.15) is 0 Å². The van der Waals surface area contributed by atoms with Crippen LogP contribution in [0.3, 0.4) is 0 Å². The highest BCUT2D eigenvalue weighted by molar-refractivity contribution is 6.33. The fraction of sp³-hybridized carbons (Fsp3) is 0.235. The van der Waals surface area contributed by atoms with E-state index >= 15 is 0 Å². The van der Waals surface area contributed by atoms with E-state index in [1.165, 1.54) is 11.1 Å². The lowest BCUT2D eigenvalue weighted by Crippen LogP contribution is -2.06. The fourth-order valence-corrected chi connectivity index (χ4v) is 2.78. The average molecular weight is 300 g/mol. The topological polar surface area (TPSA) is 43.3 Å². The first-order valence-electron chi connectivity index (χ1n) is 7.05. The molecule has 3 nitrogen and oxygen atoms in total. The molecule has 0 unspecified atom stereocenters. The lowest BCUT2D eigenvalue weighted by molar-refractivity contribution is 0.907. The Bertz CT molecular complexity index is 805. The molecule has 0 aliphatic carbocycles. The summed E-state index contributed by atoms with van der Waals surface area (Å²) < 4.78 is 2.04. The first kappa shape index (κ1) is 14.1. The Labute approximate surface area is 129 Å². The van der Waals surface area contributed by atoms with Crippen LogP contribution in [0.25, 0.3) is 16.9 Å². The van der Waals surface area contributed by atoms with Gasteiger partial charge in [0.15, 0.2) is 5.65 Å². The van der Waals surface area contributed by atoms with Gasteiger partial charge in [0.25, 0.3) is 0 Å². The van der Waals surface area contributed by atoms with Gasteiger partial charge in [-0.15, -0.1) is 0 Å². The second-order valence-electron chi connectivity index (χ2n) is 5.29. The highest BCUT2D eigenvalue weighted by atomic mass is 35.5. The first-order valence-corrected chi connectivity index (χ1v) is 7.42. The molecule has 0 bridgehead atoms. The van der Waals surface area contributed by atoms with E-state index in [1.807, 2.05) is 22.7 Å². The number of nitrogens with two attached hydrogens (primary N) is 1. The molecule has 0 aliphatic rings. The van der Waals surface area contributed by atoms with Gasteiger partial charge in [-0.1, -0.05) is 23.7 Å². The molecule has 0 radical (unpaired) electrons. The van der Waals surface area contributed by atoms with E-state index in [-0.39, 0.29) is 0 Å². The summed E-state index contributed by atoms with van der Waals surface area (Å²) in [6, 6.07) is 10.2. The van der Waals surface area contributed by atoms with Crippen molar-refractivity contribution >= 4 is 17.2 Å².